The molecule has 106 valence electrons. The fourth-order valence-electron chi connectivity index (χ4n) is 2.53. The Labute approximate surface area is 117 Å². The predicted molar refractivity (Wildman–Crippen MR) is 76.4 cm³/mol. The zero-order chi connectivity index (χ0) is 14.1. The van der Waals surface area contributed by atoms with Crippen molar-refractivity contribution >= 4 is 17.6 Å². The van der Waals surface area contributed by atoms with E-state index in [2.05, 4.69) is 14.9 Å². The van der Waals surface area contributed by atoms with E-state index in [9.17, 15) is 4.79 Å². The predicted octanol–water partition coefficient (Wildman–Crippen LogP) is 0.465. The maximum absolute atomic E-state index is 11.4. The fraction of sp³-hybridized carbons (Fsp3) is 0.500. The lowest BCUT2D eigenvalue weighted by molar-refractivity contribution is -0.120. The van der Waals surface area contributed by atoms with Crippen LogP contribution >= 0.6 is 0 Å². The topological polar surface area (TPSA) is 80.3 Å². The van der Waals surface area contributed by atoms with Gasteiger partial charge >= 0.3 is 0 Å². The molecule has 2 aliphatic heterocycles. The molecular formula is C14H18N4O2. The van der Waals surface area contributed by atoms with Crippen LogP contribution in [-0.2, 0) is 9.53 Å². The molecule has 0 aromatic heterocycles. The van der Waals surface area contributed by atoms with Crippen molar-refractivity contribution < 1.29 is 9.53 Å². The van der Waals surface area contributed by atoms with Gasteiger partial charge in [0.1, 0.15) is 0 Å². The first-order valence-corrected chi connectivity index (χ1v) is 6.87. The Balaban J connectivity index is 1.85. The number of amides is 1. The molecule has 2 heterocycles. The van der Waals surface area contributed by atoms with Gasteiger partial charge in [0.25, 0.3) is 0 Å². The van der Waals surface area contributed by atoms with E-state index in [-0.39, 0.29) is 11.8 Å². The van der Waals surface area contributed by atoms with Gasteiger partial charge in [-0.1, -0.05) is 12.2 Å². The molecule has 0 saturated carbocycles. The minimum atomic E-state index is -0.336. The normalized spacial score (nSPS) is 23.4. The van der Waals surface area contributed by atoms with Crippen molar-refractivity contribution in [3.8, 4) is 0 Å². The van der Waals surface area contributed by atoms with Crippen LogP contribution < -0.4 is 5.73 Å². The molecule has 0 bridgehead atoms. The van der Waals surface area contributed by atoms with Crippen molar-refractivity contribution in [2.45, 2.75) is 13.3 Å². The van der Waals surface area contributed by atoms with Gasteiger partial charge in [0, 0.05) is 13.1 Å². The van der Waals surface area contributed by atoms with Gasteiger partial charge in [-0.25, -0.2) is 9.98 Å². The lowest BCUT2D eigenvalue weighted by atomic mass is 9.90. The van der Waals surface area contributed by atoms with E-state index < -0.39 is 0 Å². The zero-order valence-corrected chi connectivity index (χ0v) is 11.5. The fourth-order valence-corrected chi connectivity index (χ4v) is 2.53. The largest absolute Gasteiger partial charge is 0.378 e. The number of hydrogen-bond donors (Lipinski definition) is 1. The highest BCUT2D eigenvalue weighted by atomic mass is 16.5. The molecular weight excluding hydrogens is 256 g/mol. The molecule has 3 rings (SSSR count). The second-order valence-corrected chi connectivity index (χ2v) is 5.08. The molecule has 1 saturated heterocycles. The first-order chi connectivity index (χ1) is 9.66. The first-order valence-electron chi connectivity index (χ1n) is 6.87. The van der Waals surface area contributed by atoms with Crippen LogP contribution in [0.15, 0.2) is 33.4 Å². The molecule has 6 nitrogen and oxygen atoms in total. The average molecular weight is 274 g/mol. The molecule has 0 aromatic rings. The maximum Gasteiger partial charge on any atom is 0.226 e. The summed E-state index contributed by atoms with van der Waals surface area (Å²) in [5.74, 6) is 0.0516. The summed E-state index contributed by atoms with van der Waals surface area (Å²) in [6.45, 7) is 4.81. The maximum atomic E-state index is 11.4. The lowest BCUT2D eigenvalue weighted by Gasteiger charge is -2.26. The van der Waals surface area contributed by atoms with Crippen LogP contribution in [0.5, 0.6) is 0 Å². The molecule has 0 radical (unpaired) electrons. The number of primary amides is 1. The molecule has 6 heteroatoms. The summed E-state index contributed by atoms with van der Waals surface area (Å²) < 4.78 is 5.34. The number of guanidine groups is 1. The van der Waals surface area contributed by atoms with Gasteiger partial charge in [0.2, 0.25) is 11.9 Å². The van der Waals surface area contributed by atoms with Crippen LogP contribution in [0.2, 0.25) is 0 Å². The Morgan fingerprint density at radius 3 is 2.80 bits per heavy atom. The highest BCUT2D eigenvalue weighted by Gasteiger charge is 2.29. The number of morpholine rings is 1. The Morgan fingerprint density at radius 2 is 2.10 bits per heavy atom. The Kier molecular flexibility index (Phi) is 3.40. The van der Waals surface area contributed by atoms with Crippen molar-refractivity contribution in [3.63, 3.8) is 0 Å². The monoisotopic (exact) mass is 274 g/mol. The number of ether oxygens (including phenoxy) is 1. The van der Waals surface area contributed by atoms with E-state index in [1.54, 1.807) is 0 Å². The molecule has 0 spiro atoms. The number of nitrogens with zero attached hydrogens (tertiary/aromatic N) is 3. The number of hydrogen-bond acceptors (Lipinski definition) is 5. The summed E-state index contributed by atoms with van der Waals surface area (Å²) in [5.41, 5.74) is 7.95. The van der Waals surface area contributed by atoms with Crippen LogP contribution in [0, 0.1) is 5.92 Å². The van der Waals surface area contributed by atoms with Gasteiger partial charge in [-0.15, -0.1) is 0 Å². The molecule has 20 heavy (non-hydrogen) atoms. The number of carbonyl (C=O) groups is 1. The number of rotatable bonds is 2. The van der Waals surface area contributed by atoms with Crippen molar-refractivity contribution in [1.29, 1.82) is 0 Å². The molecule has 1 fully saturated rings. The molecule has 0 aromatic carbocycles. The lowest BCUT2D eigenvalue weighted by Crippen LogP contribution is -2.39. The third-order valence-corrected chi connectivity index (χ3v) is 3.78. The van der Waals surface area contributed by atoms with E-state index in [1.165, 1.54) is 0 Å². The van der Waals surface area contributed by atoms with Crippen molar-refractivity contribution in [2.24, 2.45) is 21.6 Å². The number of nitrogens with two attached hydrogens (primary N) is 1. The molecule has 1 amide bonds. The van der Waals surface area contributed by atoms with Crippen LogP contribution in [0.1, 0.15) is 13.3 Å². The summed E-state index contributed by atoms with van der Waals surface area (Å²) in [7, 11) is 0. The Morgan fingerprint density at radius 1 is 1.35 bits per heavy atom. The van der Waals surface area contributed by atoms with E-state index in [0.717, 1.165) is 42.5 Å². The standard InChI is InChI=1S/C14H18N4O2/c1-9(13(15)19)10-3-2-4-11-12(10)17-14(16-11)18-5-7-20-8-6-18/h3-4,9H,2,5-8H2,1H3,(H2,15,19). The van der Waals surface area contributed by atoms with E-state index >= 15 is 0 Å². The smallest absolute Gasteiger partial charge is 0.226 e. The third-order valence-electron chi connectivity index (χ3n) is 3.78. The minimum Gasteiger partial charge on any atom is -0.378 e. The van der Waals surface area contributed by atoms with Gasteiger partial charge in [0.15, 0.2) is 0 Å². The molecule has 3 aliphatic rings. The van der Waals surface area contributed by atoms with Gasteiger partial charge in [-0.3, -0.25) is 4.79 Å². The van der Waals surface area contributed by atoms with Crippen LogP contribution in [0.3, 0.4) is 0 Å². The average Bonchev–Trinajstić information content (AvgIpc) is 2.91. The zero-order valence-electron chi connectivity index (χ0n) is 11.5. The summed E-state index contributed by atoms with van der Waals surface area (Å²) in [4.78, 5) is 22.7. The number of allylic oxidation sites excluding steroid dienone is 3. The first kappa shape index (κ1) is 13.1. The quantitative estimate of drug-likeness (QED) is 0.794. The second-order valence-electron chi connectivity index (χ2n) is 5.08. The summed E-state index contributed by atoms with van der Waals surface area (Å²) in [6.07, 6.45) is 4.81. The summed E-state index contributed by atoms with van der Waals surface area (Å²) in [6, 6.07) is 0. The summed E-state index contributed by atoms with van der Waals surface area (Å²) in [5, 5.41) is 0. The minimum absolute atomic E-state index is 0.333. The number of carbonyl (C=O) groups excluding carboxylic acids is 1. The van der Waals surface area contributed by atoms with E-state index in [1.807, 2.05) is 19.1 Å². The third kappa shape index (κ3) is 2.27. The Hall–Kier alpha value is -1.95. The summed E-state index contributed by atoms with van der Waals surface area (Å²) >= 11 is 0. The molecule has 2 N–H and O–H groups in total. The van der Waals surface area contributed by atoms with Crippen LogP contribution in [-0.4, -0.2) is 48.8 Å². The highest BCUT2D eigenvalue weighted by Crippen LogP contribution is 2.27. The second kappa shape index (κ2) is 5.20. The molecule has 1 atom stereocenters. The molecule has 1 aliphatic carbocycles. The van der Waals surface area contributed by atoms with Gasteiger partial charge in [-0.2, -0.15) is 0 Å². The number of fused-ring (bicyclic) bond motifs is 1. The SMILES string of the molecule is CC(C(N)=O)C1=CCC=C2N=C(N3CCOCC3)N=C21. The van der Waals surface area contributed by atoms with Crippen molar-refractivity contribution in [2.75, 3.05) is 26.3 Å². The van der Waals surface area contributed by atoms with E-state index in [0.29, 0.717) is 13.2 Å². The van der Waals surface area contributed by atoms with Crippen LogP contribution in [0.25, 0.3) is 0 Å². The number of aliphatic imine (C=N–C) groups is 2. The highest BCUT2D eigenvalue weighted by molar-refractivity contribution is 6.22. The van der Waals surface area contributed by atoms with Crippen LogP contribution in [0.4, 0.5) is 0 Å². The van der Waals surface area contributed by atoms with Gasteiger partial charge < -0.3 is 15.4 Å². The van der Waals surface area contributed by atoms with Gasteiger partial charge in [-0.05, 0) is 18.9 Å². The van der Waals surface area contributed by atoms with Crippen molar-refractivity contribution in [1.82, 2.24) is 4.90 Å². The van der Waals surface area contributed by atoms with E-state index in [4.69, 9.17) is 10.5 Å². The molecule has 1 unspecified atom stereocenters. The Bertz CT molecular complexity index is 554. The van der Waals surface area contributed by atoms with Crippen molar-refractivity contribution in [3.05, 3.63) is 23.4 Å². The van der Waals surface area contributed by atoms with Gasteiger partial charge in [0.05, 0.1) is 30.5 Å².